The Balaban J connectivity index is 2.41. The van der Waals surface area contributed by atoms with Crippen LogP contribution in [0.3, 0.4) is 0 Å². The summed E-state index contributed by atoms with van der Waals surface area (Å²) < 4.78 is 0. The Kier molecular flexibility index (Phi) is 2.34. The molecule has 0 bridgehead atoms. The van der Waals surface area contributed by atoms with Crippen molar-refractivity contribution in [3.63, 3.8) is 0 Å². The minimum absolute atomic E-state index is 0.457. The number of hydrogen-bond acceptors (Lipinski definition) is 3. The average molecular weight is 188 g/mol. The molecule has 1 aromatic heterocycles. The zero-order chi connectivity index (χ0) is 9.97. The van der Waals surface area contributed by atoms with Gasteiger partial charge in [0.2, 0.25) is 0 Å². The van der Waals surface area contributed by atoms with Crippen LogP contribution in [-0.2, 0) is 0 Å². The van der Waals surface area contributed by atoms with Crippen molar-refractivity contribution in [1.82, 2.24) is 9.97 Å². The van der Waals surface area contributed by atoms with Gasteiger partial charge in [0.15, 0.2) is 0 Å². The topological polar surface area (TPSA) is 69.1 Å². The Morgan fingerprint density at radius 1 is 1.29 bits per heavy atom. The number of aromatic nitrogens is 2. The zero-order valence-corrected chi connectivity index (χ0v) is 7.38. The van der Waals surface area contributed by atoms with E-state index < -0.39 is 7.12 Å². The molecular formula is C9H9BN2O2. The van der Waals surface area contributed by atoms with Crippen LogP contribution < -0.4 is 5.46 Å². The van der Waals surface area contributed by atoms with Gasteiger partial charge in [0, 0.05) is 18.0 Å². The maximum Gasteiger partial charge on any atom is 0.488 e. The summed E-state index contributed by atoms with van der Waals surface area (Å²) in [5.41, 5.74) is 1.29. The van der Waals surface area contributed by atoms with Gasteiger partial charge in [0.25, 0.3) is 0 Å². The van der Waals surface area contributed by atoms with Gasteiger partial charge in [-0.15, -0.1) is 0 Å². The maximum atomic E-state index is 8.97. The number of aromatic amines is 1. The Bertz CT molecular complexity index is 415. The van der Waals surface area contributed by atoms with Crippen molar-refractivity contribution < 1.29 is 10.0 Å². The van der Waals surface area contributed by atoms with Crippen molar-refractivity contribution in [3.8, 4) is 11.4 Å². The van der Waals surface area contributed by atoms with Crippen molar-refractivity contribution in [2.75, 3.05) is 0 Å². The van der Waals surface area contributed by atoms with Crippen LogP contribution in [0.4, 0.5) is 0 Å². The van der Waals surface area contributed by atoms with E-state index in [4.69, 9.17) is 10.0 Å². The molecule has 0 unspecified atom stereocenters. The smallest absolute Gasteiger partial charge is 0.423 e. The van der Waals surface area contributed by atoms with Crippen LogP contribution in [0.15, 0.2) is 36.7 Å². The third-order valence-electron chi connectivity index (χ3n) is 1.96. The van der Waals surface area contributed by atoms with Crippen LogP contribution in [0.25, 0.3) is 11.4 Å². The number of H-pyrrole nitrogens is 1. The van der Waals surface area contributed by atoms with Gasteiger partial charge in [-0.05, 0) is 5.46 Å². The fraction of sp³-hybridized carbons (Fsp3) is 0. The molecule has 5 heteroatoms. The highest BCUT2D eigenvalue weighted by atomic mass is 16.4. The average Bonchev–Trinajstić information content (AvgIpc) is 2.71. The highest BCUT2D eigenvalue weighted by molar-refractivity contribution is 6.58. The SMILES string of the molecule is OB(O)c1cccc(-c2ncc[nH]2)c1. The number of rotatable bonds is 2. The molecule has 0 spiro atoms. The van der Waals surface area contributed by atoms with Crippen LogP contribution in [-0.4, -0.2) is 27.1 Å². The highest BCUT2D eigenvalue weighted by Crippen LogP contribution is 2.11. The first-order chi connectivity index (χ1) is 6.77. The molecule has 0 aliphatic rings. The summed E-state index contributed by atoms with van der Waals surface area (Å²) in [5, 5.41) is 17.9. The van der Waals surface area contributed by atoms with Crippen molar-refractivity contribution in [2.45, 2.75) is 0 Å². The summed E-state index contributed by atoms with van der Waals surface area (Å²) in [6.07, 6.45) is 3.37. The van der Waals surface area contributed by atoms with Crippen molar-refractivity contribution in [1.29, 1.82) is 0 Å². The lowest BCUT2D eigenvalue weighted by atomic mass is 9.79. The second-order valence-electron chi connectivity index (χ2n) is 2.94. The summed E-state index contributed by atoms with van der Waals surface area (Å²) in [6.45, 7) is 0. The zero-order valence-electron chi connectivity index (χ0n) is 7.38. The minimum Gasteiger partial charge on any atom is -0.423 e. The van der Waals surface area contributed by atoms with E-state index in [0.29, 0.717) is 11.3 Å². The molecule has 0 radical (unpaired) electrons. The van der Waals surface area contributed by atoms with Gasteiger partial charge >= 0.3 is 7.12 Å². The fourth-order valence-corrected chi connectivity index (χ4v) is 1.27. The van der Waals surface area contributed by atoms with E-state index in [-0.39, 0.29) is 0 Å². The summed E-state index contributed by atoms with van der Waals surface area (Å²) >= 11 is 0. The van der Waals surface area contributed by atoms with Crippen molar-refractivity contribution in [3.05, 3.63) is 36.7 Å². The molecule has 70 valence electrons. The van der Waals surface area contributed by atoms with Crippen LogP contribution in [0.1, 0.15) is 0 Å². The molecule has 0 saturated heterocycles. The van der Waals surface area contributed by atoms with Gasteiger partial charge < -0.3 is 15.0 Å². The van der Waals surface area contributed by atoms with E-state index in [1.165, 1.54) is 0 Å². The summed E-state index contributed by atoms with van der Waals surface area (Å²) in [4.78, 5) is 7.01. The molecule has 4 nitrogen and oxygen atoms in total. The second-order valence-corrected chi connectivity index (χ2v) is 2.94. The molecule has 2 rings (SSSR count). The maximum absolute atomic E-state index is 8.97. The normalized spacial score (nSPS) is 10.1. The number of hydrogen-bond donors (Lipinski definition) is 3. The first kappa shape index (κ1) is 8.99. The molecule has 0 amide bonds. The second kappa shape index (κ2) is 3.65. The van der Waals surface area contributed by atoms with E-state index in [1.807, 2.05) is 6.07 Å². The van der Waals surface area contributed by atoms with Crippen molar-refractivity contribution in [2.24, 2.45) is 0 Å². The van der Waals surface area contributed by atoms with Crippen molar-refractivity contribution >= 4 is 12.6 Å². The van der Waals surface area contributed by atoms with Gasteiger partial charge in [-0.1, -0.05) is 24.3 Å². The molecule has 0 aliphatic carbocycles. The number of benzene rings is 1. The van der Waals surface area contributed by atoms with Gasteiger partial charge in [0.1, 0.15) is 5.82 Å². The Morgan fingerprint density at radius 2 is 2.14 bits per heavy atom. The monoisotopic (exact) mass is 188 g/mol. The van der Waals surface area contributed by atoms with Crippen LogP contribution >= 0.6 is 0 Å². The molecule has 3 N–H and O–H groups in total. The summed E-state index contributed by atoms with van der Waals surface area (Å²) in [7, 11) is -1.44. The molecule has 1 aromatic carbocycles. The summed E-state index contributed by atoms with van der Waals surface area (Å²) in [6, 6.07) is 6.94. The lowest BCUT2D eigenvalue weighted by Gasteiger charge is -2.01. The molecule has 0 fully saturated rings. The minimum atomic E-state index is -1.44. The number of imidazole rings is 1. The third-order valence-corrected chi connectivity index (χ3v) is 1.96. The quantitative estimate of drug-likeness (QED) is 0.569. The lowest BCUT2D eigenvalue weighted by Crippen LogP contribution is -2.29. The van der Waals surface area contributed by atoms with Crippen LogP contribution in [0, 0.1) is 0 Å². The van der Waals surface area contributed by atoms with Gasteiger partial charge in [-0.2, -0.15) is 0 Å². The molecule has 2 aromatic rings. The largest absolute Gasteiger partial charge is 0.488 e. The van der Waals surface area contributed by atoms with E-state index in [2.05, 4.69) is 9.97 Å². The Morgan fingerprint density at radius 3 is 2.79 bits per heavy atom. The molecule has 0 saturated carbocycles. The van der Waals surface area contributed by atoms with E-state index in [1.54, 1.807) is 30.6 Å². The van der Waals surface area contributed by atoms with Gasteiger partial charge in [-0.25, -0.2) is 4.98 Å². The molecule has 1 heterocycles. The van der Waals surface area contributed by atoms with E-state index >= 15 is 0 Å². The van der Waals surface area contributed by atoms with E-state index in [0.717, 1.165) is 5.56 Å². The predicted molar refractivity (Wildman–Crippen MR) is 53.8 cm³/mol. The van der Waals surface area contributed by atoms with Crippen LogP contribution in [0.5, 0.6) is 0 Å². The first-order valence-electron chi connectivity index (χ1n) is 4.23. The molecule has 14 heavy (non-hydrogen) atoms. The highest BCUT2D eigenvalue weighted by Gasteiger charge is 2.11. The number of nitrogens with one attached hydrogen (secondary N) is 1. The third kappa shape index (κ3) is 1.68. The lowest BCUT2D eigenvalue weighted by molar-refractivity contribution is 0.426. The predicted octanol–water partition coefficient (Wildman–Crippen LogP) is -0.244. The molecule has 0 aliphatic heterocycles. The van der Waals surface area contributed by atoms with E-state index in [9.17, 15) is 0 Å². The Hall–Kier alpha value is -1.59. The number of nitrogens with zero attached hydrogens (tertiary/aromatic N) is 1. The molecule has 0 atom stereocenters. The van der Waals surface area contributed by atoms with Gasteiger partial charge in [0.05, 0.1) is 0 Å². The summed E-state index contributed by atoms with van der Waals surface area (Å²) in [5.74, 6) is 0.715. The Labute approximate surface area is 81.4 Å². The first-order valence-corrected chi connectivity index (χ1v) is 4.23. The van der Waals surface area contributed by atoms with Crippen LogP contribution in [0.2, 0.25) is 0 Å². The fourth-order valence-electron chi connectivity index (χ4n) is 1.27. The van der Waals surface area contributed by atoms with Gasteiger partial charge in [-0.3, -0.25) is 0 Å². The standard InChI is InChI=1S/C9H9BN2O2/c13-10(14)8-3-1-2-7(6-8)9-11-4-5-12-9/h1-6,13-14H,(H,11,12). The molecular weight excluding hydrogens is 179 g/mol.